The first-order valence-electron chi connectivity index (χ1n) is 5.75. The van der Waals surface area contributed by atoms with E-state index in [2.05, 4.69) is 36.5 Å². The third-order valence-electron chi connectivity index (χ3n) is 2.93. The highest BCUT2D eigenvalue weighted by Gasteiger charge is 2.38. The van der Waals surface area contributed by atoms with E-state index in [1.807, 2.05) is 0 Å². The second kappa shape index (κ2) is 5.17. The van der Waals surface area contributed by atoms with E-state index in [-0.39, 0.29) is 11.4 Å². The van der Waals surface area contributed by atoms with E-state index in [1.165, 1.54) is 11.6 Å². The molecule has 0 atom stereocenters. The number of aromatic nitrogens is 4. The number of carbonyl (C=O) groups is 1. The Kier molecular flexibility index (Phi) is 3.83. The molecule has 21 heavy (non-hydrogen) atoms. The van der Waals surface area contributed by atoms with Gasteiger partial charge in [0.25, 0.3) is 5.91 Å². The Morgan fingerprint density at radius 3 is 2.48 bits per heavy atom. The summed E-state index contributed by atoms with van der Waals surface area (Å²) in [4.78, 5) is 12.1. The Bertz CT molecular complexity index is 704. The number of halogens is 4. The molecule has 2 rings (SSSR count). The number of alkyl halides is 3. The van der Waals surface area contributed by atoms with Gasteiger partial charge in [0.05, 0.1) is 21.5 Å². The van der Waals surface area contributed by atoms with Crippen LogP contribution >= 0.6 is 15.9 Å². The zero-order valence-electron chi connectivity index (χ0n) is 11.3. The van der Waals surface area contributed by atoms with Crippen LogP contribution in [-0.2, 0) is 13.2 Å². The number of nitrogens with zero attached hydrogens (tertiary/aromatic N) is 3. The van der Waals surface area contributed by atoms with Crippen molar-refractivity contribution in [3.63, 3.8) is 0 Å². The molecule has 6 nitrogen and oxygen atoms in total. The number of nitrogens with one attached hydrogen (secondary N) is 2. The number of aryl methyl sites for hydroxylation is 2. The predicted molar refractivity (Wildman–Crippen MR) is 71.9 cm³/mol. The number of rotatable bonds is 2. The van der Waals surface area contributed by atoms with Crippen molar-refractivity contribution in [3.8, 4) is 0 Å². The average molecular weight is 366 g/mol. The molecule has 1 amide bonds. The Morgan fingerprint density at radius 2 is 2.00 bits per heavy atom. The quantitative estimate of drug-likeness (QED) is 0.858. The van der Waals surface area contributed by atoms with Crippen molar-refractivity contribution < 1.29 is 18.0 Å². The summed E-state index contributed by atoms with van der Waals surface area (Å²) in [6.45, 7) is 3.11. The maximum atomic E-state index is 12.8. The number of hydrogen-bond acceptors (Lipinski definition) is 3. The molecule has 0 spiro atoms. The highest BCUT2D eigenvalue weighted by molar-refractivity contribution is 9.10. The van der Waals surface area contributed by atoms with E-state index in [9.17, 15) is 18.0 Å². The lowest BCUT2D eigenvalue weighted by Crippen LogP contribution is -2.17. The molecule has 0 aliphatic rings. The monoisotopic (exact) mass is 365 g/mol. The molecule has 0 radical (unpaired) electrons. The Morgan fingerprint density at radius 1 is 1.38 bits per heavy atom. The normalized spacial score (nSPS) is 11.8. The van der Waals surface area contributed by atoms with Crippen LogP contribution in [0.4, 0.5) is 18.9 Å². The van der Waals surface area contributed by atoms with Gasteiger partial charge in [-0.15, -0.1) is 0 Å². The SMILES string of the molecule is Cc1[nH]nc(C(F)(F)F)c1NC(=O)c1nn(C)c(C)c1Br. The average Bonchev–Trinajstić information content (AvgIpc) is 2.85. The zero-order chi connectivity index (χ0) is 15.9. The van der Waals surface area contributed by atoms with Gasteiger partial charge in [0.15, 0.2) is 11.4 Å². The number of anilines is 1. The maximum absolute atomic E-state index is 12.8. The molecule has 2 aromatic rings. The predicted octanol–water partition coefficient (Wildman–Crippen LogP) is 2.79. The lowest BCUT2D eigenvalue weighted by atomic mass is 10.2. The molecular formula is C11H11BrF3N5O. The van der Waals surface area contributed by atoms with Crippen LogP contribution in [0.3, 0.4) is 0 Å². The van der Waals surface area contributed by atoms with Crippen LogP contribution < -0.4 is 5.32 Å². The summed E-state index contributed by atoms with van der Waals surface area (Å²) >= 11 is 3.19. The topological polar surface area (TPSA) is 75.6 Å². The molecule has 2 heterocycles. The van der Waals surface area contributed by atoms with Crippen molar-refractivity contribution in [2.75, 3.05) is 5.32 Å². The van der Waals surface area contributed by atoms with Crippen molar-refractivity contribution in [1.29, 1.82) is 0 Å². The standard InChI is InChI=1S/C11H11BrF3N5O/c1-4-7(9(18-17-4)11(13,14)15)16-10(21)8-6(12)5(2)20(3)19-8/h1-3H3,(H,16,21)(H,17,18). The van der Waals surface area contributed by atoms with Crippen LogP contribution in [0.1, 0.15) is 27.6 Å². The van der Waals surface area contributed by atoms with Gasteiger partial charge >= 0.3 is 6.18 Å². The maximum Gasteiger partial charge on any atom is 0.437 e. The van der Waals surface area contributed by atoms with Crippen molar-refractivity contribution >= 4 is 27.5 Å². The van der Waals surface area contributed by atoms with Gasteiger partial charge in [0, 0.05) is 7.05 Å². The van der Waals surface area contributed by atoms with Crippen molar-refractivity contribution in [3.05, 3.63) is 27.2 Å². The number of aromatic amines is 1. The first-order chi connectivity index (χ1) is 9.62. The smallest absolute Gasteiger partial charge is 0.317 e. The Balaban J connectivity index is 2.37. The molecule has 0 unspecified atom stereocenters. The molecular weight excluding hydrogens is 355 g/mol. The van der Waals surface area contributed by atoms with Gasteiger partial charge in [0.1, 0.15) is 0 Å². The van der Waals surface area contributed by atoms with E-state index in [0.717, 1.165) is 0 Å². The summed E-state index contributed by atoms with van der Waals surface area (Å²) in [7, 11) is 1.63. The molecule has 0 aliphatic carbocycles. The van der Waals surface area contributed by atoms with Gasteiger partial charge in [-0.05, 0) is 29.8 Å². The van der Waals surface area contributed by atoms with E-state index in [1.54, 1.807) is 14.0 Å². The summed E-state index contributed by atoms with van der Waals surface area (Å²) in [5, 5.41) is 11.5. The Labute approximate surface area is 125 Å². The minimum absolute atomic E-state index is 0.00345. The third kappa shape index (κ3) is 2.80. The van der Waals surface area contributed by atoms with Gasteiger partial charge in [-0.1, -0.05) is 0 Å². The highest BCUT2D eigenvalue weighted by Crippen LogP contribution is 2.35. The summed E-state index contributed by atoms with van der Waals surface area (Å²) < 4.78 is 40.3. The van der Waals surface area contributed by atoms with E-state index >= 15 is 0 Å². The van der Waals surface area contributed by atoms with E-state index in [4.69, 9.17) is 0 Å². The minimum Gasteiger partial charge on any atom is -0.317 e. The van der Waals surface area contributed by atoms with Crippen LogP contribution in [0.5, 0.6) is 0 Å². The summed E-state index contributed by atoms with van der Waals surface area (Å²) in [6.07, 6.45) is -4.66. The van der Waals surface area contributed by atoms with E-state index < -0.39 is 23.5 Å². The first kappa shape index (κ1) is 15.5. The van der Waals surface area contributed by atoms with Gasteiger partial charge in [-0.2, -0.15) is 23.4 Å². The van der Waals surface area contributed by atoms with Gasteiger partial charge < -0.3 is 5.32 Å². The fourth-order valence-corrected chi connectivity index (χ4v) is 2.20. The molecule has 0 aliphatic heterocycles. The summed E-state index contributed by atoms with van der Waals surface area (Å²) in [5.41, 5.74) is -0.775. The summed E-state index contributed by atoms with van der Waals surface area (Å²) in [6, 6.07) is 0. The summed E-state index contributed by atoms with van der Waals surface area (Å²) in [5.74, 6) is -0.749. The molecule has 0 aromatic carbocycles. The van der Waals surface area contributed by atoms with Gasteiger partial charge in [-0.3, -0.25) is 14.6 Å². The second-order valence-electron chi connectivity index (χ2n) is 4.40. The molecule has 2 N–H and O–H groups in total. The van der Waals surface area contributed by atoms with E-state index in [0.29, 0.717) is 10.2 Å². The third-order valence-corrected chi connectivity index (χ3v) is 3.88. The molecule has 10 heteroatoms. The van der Waals surface area contributed by atoms with Crippen molar-refractivity contribution in [2.45, 2.75) is 20.0 Å². The molecule has 0 saturated carbocycles. The van der Waals surface area contributed by atoms with Crippen molar-refractivity contribution in [2.24, 2.45) is 7.05 Å². The van der Waals surface area contributed by atoms with Gasteiger partial charge in [0.2, 0.25) is 0 Å². The Hall–Kier alpha value is -1.84. The van der Waals surface area contributed by atoms with Gasteiger partial charge in [-0.25, -0.2) is 0 Å². The van der Waals surface area contributed by atoms with Crippen LogP contribution in [0.25, 0.3) is 0 Å². The minimum atomic E-state index is -4.66. The highest BCUT2D eigenvalue weighted by atomic mass is 79.9. The molecule has 2 aromatic heterocycles. The lowest BCUT2D eigenvalue weighted by molar-refractivity contribution is -0.140. The molecule has 0 bridgehead atoms. The van der Waals surface area contributed by atoms with Crippen LogP contribution in [0.15, 0.2) is 4.47 Å². The number of hydrogen-bond donors (Lipinski definition) is 2. The largest absolute Gasteiger partial charge is 0.437 e. The van der Waals surface area contributed by atoms with Crippen molar-refractivity contribution in [1.82, 2.24) is 20.0 Å². The molecule has 0 fully saturated rings. The first-order valence-corrected chi connectivity index (χ1v) is 6.54. The number of carbonyl (C=O) groups excluding carboxylic acids is 1. The number of amides is 1. The molecule has 114 valence electrons. The lowest BCUT2D eigenvalue weighted by Gasteiger charge is -2.08. The fourth-order valence-electron chi connectivity index (χ4n) is 1.69. The van der Waals surface area contributed by atoms with Crippen LogP contribution in [0, 0.1) is 13.8 Å². The molecule has 0 saturated heterocycles. The number of H-pyrrole nitrogens is 1. The fraction of sp³-hybridized carbons (Fsp3) is 0.364. The van der Waals surface area contributed by atoms with Crippen LogP contribution in [0.2, 0.25) is 0 Å². The van der Waals surface area contributed by atoms with Crippen LogP contribution in [-0.4, -0.2) is 25.9 Å². The zero-order valence-corrected chi connectivity index (χ0v) is 12.8. The second-order valence-corrected chi connectivity index (χ2v) is 5.19.